The standard InChI is InChI=1S/C25H26N2O6/c28-23(26-21-8-6-19(7-9-21)16-27-11-14-30-15-12-27)18-33-25(29)24-20(10-13-31-24)17-32-22-4-2-1-3-5-22/h1-10,13H,11-12,14-18H2,(H,26,28). The fourth-order valence-electron chi connectivity index (χ4n) is 3.41. The Kier molecular flexibility index (Phi) is 7.73. The molecule has 1 saturated heterocycles. The van der Waals surface area contributed by atoms with Gasteiger partial charge in [-0.15, -0.1) is 0 Å². The van der Waals surface area contributed by atoms with Crippen molar-refractivity contribution < 1.29 is 28.2 Å². The highest BCUT2D eigenvalue weighted by Gasteiger charge is 2.19. The minimum absolute atomic E-state index is 0.0196. The minimum Gasteiger partial charge on any atom is -0.489 e. The van der Waals surface area contributed by atoms with Gasteiger partial charge in [0.15, 0.2) is 6.61 Å². The molecule has 0 saturated carbocycles. The van der Waals surface area contributed by atoms with Crippen molar-refractivity contribution in [3.05, 3.63) is 83.8 Å². The Morgan fingerprint density at radius 2 is 1.73 bits per heavy atom. The van der Waals surface area contributed by atoms with Crippen LogP contribution in [0.25, 0.3) is 0 Å². The molecule has 0 bridgehead atoms. The van der Waals surface area contributed by atoms with Crippen molar-refractivity contribution >= 4 is 17.6 Å². The molecule has 2 aromatic carbocycles. The van der Waals surface area contributed by atoms with E-state index in [4.69, 9.17) is 18.6 Å². The van der Waals surface area contributed by atoms with Gasteiger partial charge in [-0.1, -0.05) is 30.3 Å². The number of hydrogen-bond donors (Lipinski definition) is 1. The number of para-hydroxylation sites is 1. The highest BCUT2D eigenvalue weighted by molar-refractivity contribution is 5.95. The molecule has 0 unspecified atom stereocenters. The van der Waals surface area contributed by atoms with Gasteiger partial charge in [0.2, 0.25) is 5.76 Å². The van der Waals surface area contributed by atoms with Crippen LogP contribution >= 0.6 is 0 Å². The van der Waals surface area contributed by atoms with E-state index in [2.05, 4.69) is 10.2 Å². The van der Waals surface area contributed by atoms with Gasteiger partial charge in [-0.3, -0.25) is 9.69 Å². The van der Waals surface area contributed by atoms with E-state index in [9.17, 15) is 9.59 Å². The number of carbonyl (C=O) groups excluding carboxylic acids is 2. The molecule has 172 valence electrons. The fourth-order valence-corrected chi connectivity index (χ4v) is 3.41. The van der Waals surface area contributed by atoms with Crippen LogP contribution in [-0.2, 0) is 27.4 Å². The third-order valence-corrected chi connectivity index (χ3v) is 5.15. The Morgan fingerprint density at radius 3 is 2.48 bits per heavy atom. The van der Waals surface area contributed by atoms with Crippen LogP contribution < -0.4 is 10.1 Å². The third kappa shape index (κ3) is 6.68. The fraction of sp³-hybridized carbons (Fsp3) is 0.280. The zero-order valence-corrected chi connectivity index (χ0v) is 18.2. The van der Waals surface area contributed by atoms with E-state index < -0.39 is 18.5 Å². The molecule has 0 atom stereocenters. The summed E-state index contributed by atoms with van der Waals surface area (Å²) in [4.78, 5) is 26.9. The number of hydrogen-bond acceptors (Lipinski definition) is 7. The van der Waals surface area contributed by atoms with E-state index in [1.165, 1.54) is 6.26 Å². The molecule has 8 nitrogen and oxygen atoms in total. The van der Waals surface area contributed by atoms with Gasteiger partial charge < -0.3 is 23.9 Å². The molecule has 0 aliphatic carbocycles. The van der Waals surface area contributed by atoms with Crippen LogP contribution in [0.5, 0.6) is 5.75 Å². The van der Waals surface area contributed by atoms with Crippen LogP contribution in [-0.4, -0.2) is 49.7 Å². The summed E-state index contributed by atoms with van der Waals surface area (Å²) in [5.41, 5.74) is 2.33. The van der Waals surface area contributed by atoms with Crippen molar-refractivity contribution in [1.29, 1.82) is 0 Å². The first kappa shape index (κ1) is 22.6. The lowest BCUT2D eigenvalue weighted by Crippen LogP contribution is -2.35. The number of esters is 1. The molecule has 1 N–H and O–H groups in total. The summed E-state index contributed by atoms with van der Waals surface area (Å²) in [6.45, 7) is 3.91. The lowest BCUT2D eigenvalue weighted by Gasteiger charge is -2.26. The molecule has 1 fully saturated rings. The SMILES string of the molecule is O=C(COC(=O)c1occc1COc1ccccc1)Nc1ccc(CN2CCOCC2)cc1. The molecule has 4 rings (SSSR count). The molecule has 2 heterocycles. The number of furan rings is 1. The first-order valence-corrected chi connectivity index (χ1v) is 10.8. The molecule has 1 aromatic heterocycles. The van der Waals surface area contributed by atoms with Crippen molar-refractivity contribution in [2.24, 2.45) is 0 Å². The number of amides is 1. The quantitative estimate of drug-likeness (QED) is 0.499. The summed E-state index contributed by atoms with van der Waals surface area (Å²) in [6, 6.07) is 18.5. The third-order valence-electron chi connectivity index (χ3n) is 5.15. The Balaban J connectivity index is 1.23. The Hall–Kier alpha value is -3.62. The molecule has 3 aromatic rings. The van der Waals surface area contributed by atoms with Gasteiger partial charge in [0.05, 0.1) is 19.5 Å². The van der Waals surface area contributed by atoms with Crippen molar-refractivity contribution in [1.82, 2.24) is 4.90 Å². The molecule has 1 amide bonds. The largest absolute Gasteiger partial charge is 0.489 e. The lowest BCUT2D eigenvalue weighted by atomic mass is 10.2. The Bertz CT molecular complexity index is 1040. The van der Waals surface area contributed by atoms with Gasteiger partial charge in [-0.2, -0.15) is 0 Å². The minimum atomic E-state index is -0.720. The van der Waals surface area contributed by atoms with E-state index in [1.807, 2.05) is 54.6 Å². The summed E-state index contributed by atoms with van der Waals surface area (Å²) >= 11 is 0. The number of morpholine rings is 1. The van der Waals surface area contributed by atoms with E-state index in [1.54, 1.807) is 6.07 Å². The van der Waals surface area contributed by atoms with Gasteiger partial charge in [-0.25, -0.2) is 4.79 Å². The summed E-state index contributed by atoms with van der Waals surface area (Å²) in [5.74, 6) is -0.458. The van der Waals surface area contributed by atoms with Crippen LogP contribution in [0.2, 0.25) is 0 Å². The molecule has 0 spiro atoms. The molecule has 1 aliphatic rings. The first-order valence-electron chi connectivity index (χ1n) is 10.8. The van der Waals surface area contributed by atoms with Gasteiger partial charge in [0.1, 0.15) is 12.4 Å². The van der Waals surface area contributed by atoms with E-state index in [-0.39, 0.29) is 12.4 Å². The second kappa shape index (κ2) is 11.3. The van der Waals surface area contributed by atoms with Gasteiger partial charge in [-0.05, 0) is 35.9 Å². The molecular weight excluding hydrogens is 424 g/mol. The zero-order valence-electron chi connectivity index (χ0n) is 18.2. The van der Waals surface area contributed by atoms with Crippen molar-refractivity contribution in [2.75, 3.05) is 38.2 Å². The number of anilines is 1. The van der Waals surface area contributed by atoms with Crippen LogP contribution in [0.3, 0.4) is 0 Å². The molecular formula is C25H26N2O6. The summed E-state index contributed by atoms with van der Waals surface area (Å²) in [5, 5.41) is 2.73. The number of rotatable bonds is 9. The average molecular weight is 450 g/mol. The highest BCUT2D eigenvalue weighted by atomic mass is 16.5. The molecule has 8 heteroatoms. The average Bonchev–Trinajstić information content (AvgIpc) is 3.33. The van der Waals surface area contributed by atoms with Crippen LogP contribution in [0, 0.1) is 0 Å². The van der Waals surface area contributed by atoms with E-state index >= 15 is 0 Å². The number of nitrogens with zero attached hydrogens (tertiary/aromatic N) is 1. The predicted molar refractivity (Wildman–Crippen MR) is 121 cm³/mol. The Morgan fingerprint density at radius 1 is 0.970 bits per heavy atom. The van der Waals surface area contributed by atoms with Crippen molar-refractivity contribution in [2.45, 2.75) is 13.2 Å². The van der Waals surface area contributed by atoms with Gasteiger partial charge >= 0.3 is 5.97 Å². The smallest absolute Gasteiger partial charge is 0.375 e. The van der Waals surface area contributed by atoms with E-state index in [0.29, 0.717) is 17.0 Å². The zero-order chi connectivity index (χ0) is 22.9. The maximum Gasteiger partial charge on any atom is 0.375 e. The maximum atomic E-state index is 12.4. The van der Waals surface area contributed by atoms with Gasteiger partial charge in [0.25, 0.3) is 5.91 Å². The monoisotopic (exact) mass is 450 g/mol. The number of benzene rings is 2. The summed E-state index contributed by atoms with van der Waals surface area (Å²) in [6.07, 6.45) is 1.39. The van der Waals surface area contributed by atoms with Crippen molar-refractivity contribution in [3.63, 3.8) is 0 Å². The highest BCUT2D eigenvalue weighted by Crippen LogP contribution is 2.17. The predicted octanol–water partition coefficient (Wildman–Crippen LogP) is 3.49. The first-order chi connectivity index (χ1) is 16.2. The van der Waals surface area contributed by atoms with Crippen LogP contribution in [0.4, 0.5) is 5.69 Å². The van der Waals surface area contributed by atoms with Crippen LogP contribution in [0.15, 0.2) is 71.3 Å². The number of nitrogens with one attached hydrogen (secondary N) is 1. The van der Waals surface area contributed by atoms with Crippen LogP contribution in [0.1, 0.15) is 21.7 Å². The summed E-state index contributed by atoms with van der Waals surface area (Å²) < 4.78 is 21.4. The molecule has 0 radical (unpaired) electrons. The lowest BCUT2D eigenvalue weighted by molar-refractivity contribution is -0.119. The topological polar surface area (TPSA) is 90.2 Å². The van der Waals surface area contributed by atoms with E-state index in [0.717, 1.165) is 38.4 Å². The molecule has 33 heavy (non-hydrogen) atoms. The molecule has 1 aliphatic heterocycles. The normalized spacial score (nSPS) is 13.9. The summed E-state index contributed by atoms with van der Waals surface area (Å²) in [7, 11) is 0. The Labute approximate surface area is 192 Å². The number of ether oxygens (including phenoxy) is 3. The van der Waals surface area contributed by atoms with Gasteiger partial charge in [0, 0.05) is 30.9 Å². The maximum absolute atomic E-state index is 12.4. The second-order valence-corrected chi connectivity index (χ2v) is 7.59. The number of carbonyl (C=O) groups is 2. The second-order valence-electron chi connectivity index (χ2n) is 7.59. The van der Waals surface area contributed by atoms with Crippen molar-refractivity contribution in [3.8, 4) is 5.75 Å².